The molecule has 2 fully saturated rings. The molecule has 2 aliphatic rings. The molecule has 1 unspecified atom stereocenters. The molecule has 1 aromatic carbocycles. The van der Waals surface area contributed by atoms with E-state index in [1.165, 1.54) is 16.8 Å². The largest absolute Gasteiger partial charge is 0.376 e. The Morgan fingerprint density at radius 1 is 1.18 bits per heavy atom. The summed E-state index contributed by atoms with van der Waals surface area (Å²) in [5, 5.41) is 0. The minimum Gasteiger partial charge on any atom is -0.376 e. The Morgan fingerprint density at radius 3 is 2.57 bits per heavy atom. The molecule has 0 aliphatic carbocycles. The van der Waals surface area contributed by atoms with Crippen LogP contribution in [0.3, 0.4) is 0 Å². The van der Waals surface area contributed by atoms with Crippen molar-refractivity contribution in [2.24, 2.45) is 0 Å². The lowest BCUT2D eigenvalue weighted by Gasteiger charge is -2.37. The molecule has 6 heteroatoms. The number of amides is 2. The fraction of sp³-hybridized carbons (Fsp3) is 0.636. The van der Waals surface area contributed by atoms with Crippen LogP contribution < -0.4 is 4.90 Å². The van der Waals surface area contributed by atoms with E-state index < -0.39 is 0 Å². The van der Waals surface area contributed by atoms with Gasteiger partial charge in [0.2, 0.25) is 11.8 Å². The van der Waals surface area contributed by atoms with Gasteiger partial charge < -0.3 is 19.4 Å². The fourth-order valence-electron chi connectivity index (χ4n) is 4.08. The van der Waals surface area contributed by atoms with Crippen LogP contribution in [0.1, 0.15) is 37.3 Å². The van der Waals surface area contributed by atoms with Crippen LogP contribution >= 0.6 is 0 Å². The molecule has 2 aliphatic heterocycles. The molecule has 0 bridgehead atoms. The van der Waals surface area contributed by atoms with Crippen molar-refractivity contribution in [1.82, 2.24) is 9.80 Å². The SMILES string of the molecule is CC(=O)N(CCC(=O)N1CCN(c2cccc(C)c2C)CC1)CC1CCCO1. The lowest BCUT2D eigenvalue weighted by molar-refractivity contribution is -0.134. The first-order chi connectivity index (χ1) is 13.5. The summed E-state index contributed by atoms with van der Waals surface area (Å²) < 4.78 is 5.63. The summed E-state index contributed by atoms with van der Waals surface area (Å²) in [5.74, 6) is 0.155. The normalized spacial score (nSPS) is 19.8. The number of carbonyl (C=O) groups excluding carboxylic acids is 2. The lowest BCUT2D eigenvalue weighted by Crippen LogP contribution is -2.49. The quantitative estimate of drug-likeness (QED) is 0.752. The van der Waals surface area contributed by atoms with Crippen LogP contribution in [0.4, 0.5) is 5.69 Å². The summed E-state index contributed by atoms with van der Waals surface area (Å²) >= 11 is 0. The van der Waals surface area contributed by atoms with Crippen molar-refractivity contribution in [3.05, 3.63) is 29.3 Å². The zero-order valence-corrected chi connectivity index (χ0v) is 17.4. The van der Waals surface area contributed by atoms with Crippen molar-refractivity contribution >= 4 is 17.5 Å². The van der Waals surface area contributed by atoms with Gasteiger partial charge in [0.1, 0.15) is 0 Å². The highest BCUT2D eigenvalue weighted by Crippen LogP contribution is 2.24. The van der Waals surface area contributed by atoms with E-state index in [9.17, 15) is 9.59 Å². The first-order valence-electron chi connectivity index (χ1n) is 10.4. The first-order valence-corrected chi connectivity index (χ1v) is 10.4. The molecular weight excluding hydrogens is 354 g/mol. The summed E-state index contributed by atoms with van der Waals surface area (Å²) in [6, 6.07) is 6.39. The van der Waals surface area contributed by atoms with E-state index in [1.54, 1.807) is 11.8 Å². The Labute approximate surface area is 168 Å². The highest BCUT2D eigenvalue weighted by Gasteiger charge is 2.25. The number of ether oxygens (including phenoxy) is 1. The predicted octanol–water partition coefficient (Wildman–Crippen LogP) is 2.37. The highest BCUT2D eigenvalue weighted by atomic mass is 16.5. The second-order valence-electron chi connectivity index (χ2n) is 7.94. The summed E-state index contributed by atoms with van der Waals surface area (Å²) in [7, 11) is 0. The average molecular weight is 388 g/mol. The Hall–Kier alpha value is -2.08. The maximum Gasteiger partial charge on any atom is 0.224 e. The van der Waals surface area contributed by atoms with Crippen LogP contribution in [0.2, 0.25) is 0 Å². The molecule has 2 amide bonds. The zero-order chi connectivity index (χ0) is 20.1. The Bertz CT molecular complexity index is 692. The number of aryl methyl sites for hydroxylation is 1. The summed E-state index contributed by atoms with van der Waals surface area (Å²) in [5.41, 5.74) is 3.88. The molecular formula is C22H33N3O3. The number of rotatable bonds is 6. The third-order valence-corrected chi connectivity index (χ3v) is 6.04. The van der Waals surface area contributed by atoms with Crippen molar-refractivity contribution in [3.8, 4) is 0 Å². The number of piperazine rings is 1. The number of hydrogen-bond donors (Lipinski definition) is 0. The second-order valence-corrected chi connectivity index (χ2v) is 7.94. The smallest absolute Gasteiger partial charge is 0.224 e. The number of hydrogen-bond acceptors (Lipinski definition) is 4. The van der Waals surface area contributed by atoms with E-state index in [2.05, 4.69) is 36.9 Å². The van der Waals surface area contributed by atoms with Crippen LogP contribution in [0.15, 0.2) is 18.2 Å². The van der Waals surface area contributed by atoms with Crippen molar-refractivity contribution in [2.45, 2.75) is 46.1 Å². The second kappa shape index (κ2) is 9.41. The molecule has 1 aromatic rings. The molecule has 0 saturated carbocycles. The van der Waals surface area contributed by atoms with Gasteiger partial charge in [0, 0.05) is 64.9 Å². The number of nitrogens with zero attached hydrogens (tertiary/aromatic N) is 3. The Balaban J connectivity index is 1.47. The topological polar surface area (TPSA) is 53.1 Å². The molecule has 0 spiro atoms. The lowest BCUT2D eigenvalue weighted by atomic mass is 10.1. The van der Waals surface area contributed by atoms with Gasteiger partial charge in [0.15, 0.2) is 0 Å². The van der Waals surface area contributed by atoms with E-state index in [0.717, 1.165) is 45.6 Å². The van der Waals surface area contributed by atoms with Gasteiger partial charge in [0.05, 0.1) is 6.10 Å². The first kappa shape index (κ1) is 20.6. The minimum atomic E-state index is 0.0167. The number of benzene rings is 1. The standard InChI is InChI=1S/C22H33N3O3/c1-17-6-4-8-21(18(17)2)23-11-13-24(14-12-23)22(27)9-10-25(19(3)26)16-20-7-5-15-28-20/h4,6,8,20H,5,7,9-16H2,1-3H3. The van der Waals surface area contributed by atoms with Crippen molar-refractivity contribution in [1.29, 1.82) is 0 Å². The third kappa shape index (κ3) is 5.04. The van der Waals surface area contributed by atoms with Gasteiger partial charge in [-0.3, -0.25) is 9.59 Å². The summed E-state index contributed by atoms with van der Waals surface area (Å²) in [4.78, 5) is 30.7. The molecule has 0 N–H and O–H groups in total. The van der Waals surface area contributed by atoms with Crippen LogP contribution in [-0.2, 0) is 14.3 Å². The molecule has 28 heavy (non-hydrogen) atoms. The average Bonchev–Trinajstić information content (AvgIpc) is 3.20. The molecule has 3 rings (SSSR count). The Morgan fingerprint density at radius 2 is 1.93 bits per heavy atom. The van der Waals surface area contributed by atoms with Gasteiger partial charge in [-0.15, -0.1) is 0 Å². The molecule has 0 aromatic heterocycles. The van der Waals surface area contributed by atoms with Gasteiger partial charge in [-0.2, -0.15) is 0 Å². The number of anilines is 1. The monoisotopic (exact) mass is 387 g/mol. The van der Waals surface area contributed by atoms with Gasteiger partial charge in [-0.25, -0.2) is 0 Å². The summed E-state index contributed by atoms with van der Waals surface area (Å²) in [6.07, 6.45) is 2.56. The van der Waals surface area contributed by atoms with E-state index in [4.69, 9.17) is 4.74 Å². The van der Waals surface area contributed by atoms with Crippen LogP contribution in [0.25, 0.3) is 0 Å². The maximum absolute atomic E-state index is 12.7. The van der Waals surface area contributed by atoms with Crippen LogP contribution in [0, 0.1) is 13.8 Å². The fourth-order valence-corrected chi connectivity index (χ4v) is 4.08. The van der Waals surface area contributed by atoms with E-state index in [0.29, 0.717) is 19.5 Å². The molecule has 2 saturated heterocycles. The molecule has 1 atom stereocenters. The van der Waals surface area contributed by atoms with Gasteiger partial charge in [-0.05, 0) is 43.9 Å². The molecule has 0 radical (unpaired) electrons. The maximum atomic E-state index is 12.7. The molecule has 2 heterocycles. The van der Waals surface area contributed by atoms with Crippen LogP contribution in [-0.4, -0.2) is 73.6 Å². The van der Waals surface area contributed by atoms with Crippen molar-refractivity contribution in [3.63, 3.8) is 0 Å². The Kier molecular flexibility index (Phi) is 6.94. The third-order valence-electron chi connectivity index (χ3n) is 6.04. The number of carbonyl (C=O) groups is 2. The van der Waals surface area contributed by atoms with Gasteiger partial charge in [-0.1, -0.05) is 12.1 Å². The predicted molar refractivity (Wildman–Crippen MR) is 111 cm³/mol. The van der Waals surface area contributed by atoms with Crippen molar-refractivity contribution in [2.75, 3.05) is 50.8 Å². The van der Waals surface area contributed by atoms with Gasteiger partial charge >= 0.3 is 0 Å². The van der Waals surface area contributed by atoms with E-state index in [-0.39, 0.29) is 17.9 Å². The zero-order valence-electron chi connectivity index (χ0n) is 17.4. The highest BCUT2D eigenvalue weighted by molar-refractivity contribution is 5.78. The van der Waals surface area contributed by atoms with E-state index in [1.807, 2.05) is 4.90 Å². The van der Waals surface area contributed by atoms with Gasteiger partial charge in [0.25, 0.3) is 0 Å². The molecule has 6 nitrogen and oxygen atoms in total. The van der Waals surface area contributed by atoms with Crippen molar-refractivity contribution < 1.29 is 14.3 Å². The summed E-state index contributed by atoms with van der Waals surface area (Å²) in [6.45, 7) is 10.9. The minimum absolute atomic E-state index is 0.0167. The van der Waals surface area contributed by atoms with Crippen LogP contribution in [0.5, 0.6) is 0 Å². The molecule has 154 valence electrons. The van der Waals surface area contributed by atoms with E-state index >= 15 is 0 Å².